The quantitative estimate of drug-likeness (QED) is 0.735. The van der Waals surface area contributed by atoms with Gasteiger partial charge in [0, 0.05) is 26.8 Å². The van der Waals surface area contributed by atoms with Gasteiger partial charge in [0.15, 0.2) is 0 Å². The lowest BCUT2D eigenvalue weighted by molar-refractivity contribution is -0.0380. The fourth-order valence-corrected chi connectivity index (χ4v) is 2.19. The van der Waals surface area contributed by atoms with Crippen molar-refractivity contribution in [2.24, 2.45) is 5.73 Å². The molecule has 16 heavy (non-hydrogen) atoms. The van der Waals surface area contributed by atoms with Crippen LogP contribution in [0.2, 0.25) is 0 Å². The summed E-state index contributed by atoms with van der Waals surface area (Å²) in [7, 11) is 3.84. The molecule has 1 heterocycles. The molecular weight excluding hydrogens is 204 g/mol. The molecule has 0 amide bonds. The average molecular weight is 230 g/mol. The lowest BCUT2D eigenvalue weighted by Crippen LogP contribution is -2.58. The average Bonchev–Trinajstić information content (AvgIpc) is 2.79. The highest BCUT2D eigenvalue weighted by molar-refractivity contribution is 4.92. The summed E-state index contributed by atoms with van der Waals surface area (Å²) in [6, 6.07) is 0. The highest BCUT2D eigenvalue weighted by atomic mass is 16.5. The minimum atomic E-state index is -0.124. The normalized spacial score (nSPS) is 27.0. The number of hydrogen-bond donors (Lipinski definition) is 1. The zero-order valence-corrected chi connectivity index (χ0v) is 11.0. The van der Waals surface area contributed by atoms with Crippen molar-refractivity contribution < 1.29 is 9.47 Å². The van der Waals surface area contributed by atoms with Crippen LogP contribution in [0.4, 0.5) is 0 Å². The van der Waals surface area contributed by atoms with Crippen LogP contribution >= 0.6 is 0 Å². The molecule has 1 saturated heterocycles. The Morgan fingerprint density at radius 1 is 1.62 bits per heavy atom. The van der Waals surface area contributed by atoms with E-state index in [4.69, 9.17) is 15.2 Å². The summed E-state index contributed by atoms with van der Waals surface area (Å²) in [5.41, 5.74) is 5.77. The van der Waals surface area contributed by atoms with E-state index in [9.17, 15) is 0 Å². The van der Waals surface area contributed by atoms with Gasteiger partial charge in [-0.05, 0) is 33.7 Å². The number of ether oxygens (including phenoxy) is 2. The lowest BCUT2D eigenvalue weighted by atomic mass is 9.93. The zero-order valence-electron chi connectivity index (χ0n) is 11.0. The van der Waals surface area contributed by atoms with Crippen LogP contribution in [0, 0.1) is 0 Å². The van der Waals surface area contributed by atoms with Crippen molar-refractivity contribution in [1.82, 2.24) is 4.90 Å². The van der Waals surface area contributed by atoms with Gasteiger partial charge >= 0.3 is 0 Å². The molecule has 1 aliphatic rings. The van der Waals surface area contributed by atoms with Crippen LogP contribution in [0.5, 0.6) is 0 Å². The molecule has 0 bridgehead atoms. The Hall–Kier alpha value is -0.160. The van der Waals surface area contributed by atoms with E-state index in [1.807, 2.05) is 0 Å². The van der Waals surface area contributed by atoms with Gasteiger partial charge in [0.05, 0.1) is 17.7 Å². The first kappa shape index (κ1) is 13.9. The Kier molecular flexibility index (Phi) is 5.18. The SMILES string of the molecule is COC(C)C(C)(CN)N(C)CC1CCCO1. The Labute approximate surface area is 99.1 Å². The molecule has 0 saturated carbocycles. The van der Waals surface area contributed by atoms with E-state index in [1.54, 1.807) is 7.11 Å². The van der Waals surface area contributed by atoms with E-state index in [2.05, 4.69) is 25.8 Å². The second kappa shape index (κ2) is 5.96. The molecule has 96 valence electrons. The third kappa shape index (κ3) is 2.94. The molecule has 4 nitrogen and oxygen atoms in total. The molecule has 4 heteroatoms. The maximum atomic E-state index is 5.90. The molecule has 1 rings (SSSR count). The predicted octanol–water partition coefficient (Wildman–Crippen LogP) is 0.850. The molecule has 0 aromatic carbocycles. The van der Waals surface area contributed by atoms with E-state index >= 15 is 0 Å². The van der Waals surface area contributed by atoms with Crippen LogP contribution in [0.25, 0.3) is 0 Å². The molecule has 1 aliphatic heterocycles. The summed E-state index contributed by atoms with van der Waals surface area (Å²) in [6.07, 6.45) is 2.81. The second-order valence-corrected chi connectivity index (χ2v) is 4.95. The van der Waals surface area contributed by atoms with Gasteiger partial charge in [0.1, 0.15) is 0 Å². The van der Waals surface area contributed by atoms with E-state index in [1.165, 1.54) is 6.42 Å². The van der Waals surface area contributed by atoms with E-state index in [0.29, 0.717) is 12.6 Å². The standard InChI is InChI=1S/C12H26N2O2/c1-10(15-4)12(2,9-13)14(3)8-11-6-5-7-16-11/h10-11H,5-9,13H2,1-4H3. The zero-order chi connectivity index (χ0) is 12.2. The molecular formula is C12H26N2O2. The molecule has 3 unspecified atom stereocenters. The van der Waals surface area contributed by atoms with Crippen molar-refractivity contribution in [3.05, 3.63) is 0 Å². The van der Waals surface area contributed by atoms with Crippen LogP contribution in [0.1, 0.15) is 26.7 Å². The first-order valence-corrected chi connectivity index (χ1v) is 6.10. The van der Waals surface area contributed by atoms with Gasteiger partial charge in [0.25, 0.3) is 0 Å². The number of nitrogens with zero attached hydrogens (tertiary/aromatic N) is 1. The molecule has 0 aromatic heterocycles. The summed E-state index contributed by atoms with van der Waals surface area (Å²) in [5.74, 6) is 0. The molecule has 0 aliphatic carbocycles. The predicted molar refractivity (Wildman–Crippen MR) is 65.5 cm³/mol. The topological polar surface area (TPSA) is 47.7 Å². The third-order valence-electron chi connectivity index (χ3n) is 4.02. The van der Waals surface area contributed by atoms with Gasteiger partial charge in [-0.15, -0.1) is 0 Å². The van der Waals surface area contributed by atoms with Crippen LogP contribution in [-0.4, -0.2) is 56.5 Å². The first-order chi connectivity index (χ1) is 7.54. The van der Waals surface area contributed by atoms with Crippen molar-refractivity contribution in [3.63, 3.8) is 0 Å². The second-order valence-electron chi connectivity index (χ2n) is 4.95. The largest absolute Gasteiger partial charge is 0.380 e. The number of nitrogens with two attached hydrogens (primary N) is 1. The fourth-order valence-electron chi connectivity index (χ4n) is 2.19. The smallest absolute Gasteiger partial charge is 0.0736 e. The van der Waals surface area contributed by atoms with Crippen LogP contribution < -0.4 is 5.73 Å². The number of rotatable bonds is 6. The fraction of sp³-hybridized carbons (Fsp3) is 1.00. The van der Waals surface area contributed by atoms with Crippen molar-refractivity contribution in [2.75, 3.05) is 33.9 Å². The minimum Gasteiger partial charge on any atom is -0.380 e. The maximum Gasteiger partial charge on any atom is 0.0736 e. The monoisotopic (exact) mass is 230 g/mol. The van der Waals surface area contributed by atoms with Crippen LogP contribution in [0.3, 0.4) is 0 Å². The molecule has 0 aromatic rings. The summed E-state index contributed by atoms with van der Waals surface area (Å²) in [6.45, 7) is 6.64. The van der Waals surface area contributed by atoms with Gasteiger partial charge in [-0.25, -0.2) is 0 Å². The van der Waals surface area contributed by atoms with E-state index < -0.39 is 0 Å². The molecule has 0 radical (unpaired) electrons. The van der Waals surface area contributed by atoms with E-state index in [0.717, 1.165) is 19.6 Å². The minimum absolute atomic E-state index is 0.115. The van der Waals surface area contributed by atoms with Gasteiger partial charge in [0.2, 0.25) is 0 Å². The van der Waals surface area contributed by atoms with Crippen molar-refractivity contribution in [3.8, 4) is 0 Å². The summed E-state index contributed by atoms with van der Waals surface area (Å²) < 4.78 is 11.1. The van der Waals surface area contributed by atoms with Crippen molar-refractivity contribution in [2.45, 2.75) is 44.4 Å². The Morgan fingerprint density at radius 3 is 2.75 bits per heavy atom. The third-order valence-corrected chi connectivity index (χ3v) is 4.02. The first-order valence-electron chi connectivity index (χ1n) is 6.10. The lowest BCUT2D eigenvalue weighted by Gasteiger charge is -2.42. The Balaban J connectivity index is 2.56. The van der Waals surface area contributed by atoms with Gasteiger partial charge in [-0.3, -0.25) is 4.90 Å². The van der Waals surface area contributed by atoms with Crippen LogP contribution in [-0.2, 0) is 9.47 Å². The number of methoxy groups -OCH3 is 1. The maximum absolute atomic E-state index is 5.90. The summed E-state index contributed by atoms with van der Waals surface area (Å²) in [5, 5.41) is 0. The Bertz CT molecular complexity index is 207. The molecule has 3 atom stereocenters. The van der Waals surface area contributed by atoms with Crippen molar-refractivity contribution in [1.29, 1.82) is 0 Å². The van der Waals surface area contributed by atoms with Crippen molar-refractivity contribution >= 4 is 0 Å². The van der Waals surface area contributed by atoms with Gasteiger partial charge < -0.3 is 15.2 Å². The molecule has 2 N–H and O–H groups in total. The highest BCUT2D eigenvalue weighted by Gasteiger charge is 2.35. The highest BCUT2D eigenvalue weighted by Crippen LogP contribution is 2.22. The molecule has 1 fully saturated rings. The van der Waals surface area contributed by atoms with Crippen LogP contribution in [0.15, 0.2) is 0 Å². The Morgan fingerprint density at radius 2 is 2.31 bits per heavy atom. The van der Waals surface area contributed by atoms with Gasteiger partial charge in [-0.2, -0.15) is 0 Å². The summed E-state index contributed by atoms with van der Waals surface area (Å²) in [4.78, 5) is 2.27. The van der Waals surface area contributed by atoms with E-state index in [-0.39, 0.29) is 11.6 Å². The number of likely N-dealkylation sites (N-methyl/N-ethyl adjacent to an activating group) is 1. The summed E-state index contributed by atoms with van der Waals surface area (Å²) >= 11 is 0. The molecule has 0 spiro atoms. The number of hydrogen-bond acceptors (Lipinski definition) is 4. The van der Waals surface area contributed by atoms with Gasteiger partial charge in [-0.1, -0.05) is 0 Å².